The summed E-state index contributed by atoms with van der Waals surface area (Å²) in [5, 5.41) is 14.7. The fraction of sp³-hybridized carbons (Fsp3) is 0.235. The van der Waals surface area contributed by atoms with Gasteiger partial charge >= 0.3 is 0 Å². The summed E-state index contributed by atoms with van der Waals surface area (Å²) >= 11 is 0. The highest BCUT2D eigenvalue weighted by Gasteiger charge is 2.22. The summed E-state index contributed by atoms with van der Waals surface area (Å²) in [4.78, 5) is 0.166. The van der Waals surface area contributed by atoms with Crippen LogP contribution in [0, 0.1) is 13.8 Å². The second-order valence-corrected chi connectivity index (χ2v) is 7.26. The number of benzene rings is 1. The standard InChI is InChI=1S/C17H19N5O3S/c1-4-25-16-10-9-15(20-21-16)13-5-7-14(8-6-13)22-26(23,24)17-11(2)18-19-12(17)3/h5-10,22H,4H2,1-3H3,(H,18,19). The number of aryl methyl sites for hydroxylation is 2. The molecule has 0 amide bonds. The fourth-order valence-electron chi connectivity index (χ4n) is 2.55. The molecular weight excluding hydrogens is 354 g/mol. The van der Waals surface area contributed by atoms with Crippen molar-refractivity contribution < 1.29 is 13.2 Å². The summed E-state index contributed by atoms with van der Waals surface area (Å²) in [5.41, 5.74) is 2.86. The summed E-state index contributed by atoms with van der Waals surface area (Å²) in [6, 6.07) is 10.4. The predicted octanol–water partition coefficient (Wildman–Crippen LogP) is 2.68. The van der Waals surface area contributed by atoms with Gasteiger partial charge in [-0.2, -0.15) is 5.10 Å². The zero-order chi connectivity index (χ0) is 18.7. The quantitative estimate of drug-likeness (QED) is 0.687. The fourth-order valence-corrected chi connectivity index (χ4v) is 3.98. The highest BCUT2D eigenvalue weighted by Crippen LogP contribution is 2.24. The largest absolute Gasteiger partial charge is 0.477 e. The maximum atomic E-state index is 12.6. The van der Waals surface area contributed by atoms with E-state index in [9.17, 15) is 8.42 Å². The van der Waals surface area contributed by atoms with Crippen molar-refractivity contribution >= 4 is 15.7 Å². The van der Waals surface area contributed by atoms with Crippen LogP contribution in [0.4, 0.5) is 5.69 Å². The second-order valence-electron chi connectivity index (χ2n) is 5.64. The number of aromatic amines is 1. The molecule has 0 saturated carbocycles. The molecule has 2 aromatic heterocycles. The number of hydrogen-bond donors (Lipinski definition) is 2. The molecule has 0 aliphatic carbocycles. The molecule has 0 atom stereocenters. The number of H-pyrrole nitrogens is 1. The predicted molar refractivity (Wildman–Crippen MR) is 97.5 cm³/mol. The Morgan fingerprint density at radius 3 is 2.35 bits per heavy atom. The van der Waals surface area contributed by atoms with Crippen LogP contribution in [0.15, 0.2) is 41.3 Å². The number of nitrogens with zero attached hydrogens (tertiary/aromatic N) is 3. The zero-order valence-electron chi connectivity index (χ0n) is 14.6. The van der Waals surface area contributed by atoms with E-state index in [1.54, 1.807) is 50.2 Å². The van der Waals surface area contributed by atoms with Gasteiger partial charge in [0.2, 0.25) is 5.88 Å². The van der Waals surface area contributed by atoms with Gasteiger partial charge in [-0.3, -0.25) is 9.82 Å². The van der Waals surface area contributed by atoms with Crippen LogP contribution in [0.25, 0.3) is 11.3 Å². The van der Waals surface area contributed by atoms with Gasteiger partial charge in [0, 0.05) is 17.3 Å². The lowest BCUT2D eigenvalue weighted by molar-refractivity contribution is 0.323. The SMILES string of the molecule is CCOc1ccc(-c2ccc(NS(=O)(=O)c3c(C)n[nH]c3C)cc2)nn1. The first-order valence-electron chi connectivity index (χ1n) is 8.02. The minimum absolute atomic E-state index is 0.166. The molecule has 2 heterocycles. The van der Waals surface area contributed by atoms with Crippen molar-refractivity contribution in [2.45, 2.75) is 25.7 Å². The normalized spacial score (nSPS) is 11.3. The third kappa shape index (κ3) is 3.67. The average Bonchev–Trinajstić information content (AvgIpc) is 2.96. The minimum Gasteiger partial charge on any atom is -0.477 e. The molecule has 2 N–H and O–H groups in total. The van der Waals surface area contributed by atoms with Gasteiger partial charge in [0.15, 0.2) is 0 Å². The molecule has 0 aliphatic rings. The molecule has 8 nitrogen and oxygen atoms in total. The summed E-state index contributed by atoms with van der Waals surface area (Å²) < 4.78 is 32.9. The smallest absolute Gasteiger partial charge is 0.265 e. The van der Waals surface area contributed by atoms with Crippen LogP contribution in [-0.2, 0) is 10.0 Å². The van der Waals surface area contributed by atoms with Crippen molar-refractivity contribution in [2.75, 3.05) is 11.3 Å². The number of aromatic nitrogens is 4. The van der Waals surface area contributed by atoms with Crippen molar-refractivity contribution in [1.82, 2.24) is 20.4 Å². The van der Waals surface area contributed by atoms with E-state index in [-0.39, 0.29) is 4.90 Å². The van der Waals surface area contributed by atoms with E-state index in [1.165, 1.54) is 0 Å². The molecule has 9 heteroatoms. The van der Waals surface area contributed by atoms with Gasteiger partial charge in [-0.25, -0.2) is 8.42 Å². The number of rotatable bonds is 6. The highest BCUT2D eigenvalue weighted by molar-refractivity contribution is 7.92. The monoisotopic (exact) mass is 373 g/mol. The van der Waals surface area contributed by atoms with Gasteiger partial charge in [-0.15, -0.1) is 10.2 Å². The molecule has 0 bridgehead atoms. The van der Waals surface area contributed by atoms with Gasteiger partial charge in [0.25, 0.3) is 10.0 Å². The minimum atomic E-state index is -3.71. The lowest BCUT2D eigenvalue weighted by Crippen LogP contribution is -2.14. The Kier molecular flexibility index (Phi) is 4.90. The van der Waals surface area contributed by atoms with Gasteiger partial charge in [-0.05, 0) is 39.0 Å². The number of sulfonamides is 1. The summed E-state index contributed by atoms with van der Waals surface area (Å²) in [6.45, 7) is 5.72. The Hall–Kier alpha value is -2.94. The Labute approximate surface area is 151 Å². The van der Waals surface area contributed by atoms with E-state index >= 15 is 0 Å². The molecule has 0 spiro atoms. The van der Waals surface area contributed by atoms with Crippen LogP contribution in [0.1, 0.15) is 18.3 Å². The molecular formula is C17H19N5O3S. The van der Waals surface area contributed by atoms with Crippen LogP contribution in [-0.4, -0.2) is 35.4 Å². The van der Waals surface area contributed by atoms with E-state index < -0.39 is 10.0 Å². The Bertz CT molecular complexity index is 976. The molecule has 26 heavy (non-hydrogen) atoms. The van der Waals surface area contributed by atoms with Crippen LogP contribution in [0.2, 0.25) is 0 Å². The van der Waals surface area contributed by atoms with Crippen molar-refractivity contribution in [3.05, 3.63) is 47.8 Å². The number of nitrogens with one attached hydrogen (secondary N) is 2. The van der Waals surface area contributed by atoms with Gasteiger partial charge < -0.3 is 4.74 Å². The van der Waals surface area contributed by atoms with Crippen molar-refractivity contribution in [2.24, 2.45) is 0 Å². The first kappa shape index (κ1) is 17.9. The van der Waals surface area contributed by atoms with Crippen LogP contribution in [0.3, 0.4) is 0 Å². The highest BCUT2D eigenvalue weighted by atomic mass is 32.2. The van der Waals surface area contributed by atoms with E-state index in [2.05, 4.69) is 25.1 Å². The number of anilines is 1. The van der Waals surface area contributed by atoms with E-state index in [0.29, 0.717) is 35.3 Å². The maximum absolute atomic E-state index is 12.6. The van der Waals surface area contributed by atoms with E-state index in [1.807, 2.05) is 6.92 Å². The van der Waals surface area contributed by atoms with Gasteiger partial charge in [0.1, 0.15) is 4.90 Å². The zero-order valence-corrected chi connectivity index (χ0v) is 15.5. The van der Waals surface area contributed by atoms with E-state index in [0.717, 1.165) is 5.56 Å². The molecule has 3 rings (SSSR count). The molecule has 136 valence electrons. The number of ether oxygens (including phenoxy) is 1. The summed E-state index contributed by atoms with van der Waals surface area (Å²) in [7, 11) is -3.71. The second kappa shape index (κ2) is 7.12. The van der Waals surface area contributed by atoms with E-state index in [4.69, 9.17) is 4.74 Å². The third-order valence-corrected chi connectivity index (χ3v) is 5.34. The van der Waals surface area contributed by atoms with Crippen molar-refractivity contribution in [3.63, 3.8) is 0 Å². The van der Waals surface area contributed by atoms with Crippen LogP contribution < -0.4 is 9.46 Å². The first-order chi connectivity index (χ1) is 12.4. The topological polar surface area (TPSA) is 110 Å². The number of hydrogen-bond acceptors (Lipinski definition) is 6. The Balaban J connectivity index is 1.79. The summed E-state index contributed by atoms with van der Waals surface area (Å²) in [6.07, 6.45) is 0. The first-order valence-corrected chi connectivity index (χ1v) is 9.50. The Morgan fingerprint density at radius 2 is 1.81 bits per heavy atom. The summed E-state index contributed by atoms with van der Waals surface area (Å²) in [5.74, 6) is 0.464. The Morgan fingerprint density at radius 1 is 1.08 bits per heavy atom. The molecule has 1 aromatic carbocycles. The molecule has 0 fully saturated rings. The lowest BCUT2D eigenvalue weighted by atomic mass is 10.1. The third-order valence-electron chi connectivity index (χ3n) is 3.69. The molecule has 0 saturated heterocycles. The van der Waals surface area contributed by atoms with Gasteiger partial charge in [-0.1, -0.05) is 12.1 Å². The van der Waals surface area contributed by atoms with Crippen LogP contribution in [0.5, 0.6) is 5.88 Å². The van der Waals surface area contributed by atoms with Crippen molar-refractivity contribution in [1.29, 1.82) is 0 Å². The maximum Gasteiger partial charge on any atom is 0.265 e. The molecule has 0 unspecified atom stereocenters. The molecule has 3 aromatic rings. The van der Waals surface area contributed by atoms with Crippen LogP contribution >= 0.6 is 0 Å². The molecule has 0 aliphatic heterocycles. The lowest BCUT2D eigenvalue weighted by Gasteiger charge is -2.09. The van der Waals surface area contributed by atoms with Gasteiger partial charge in [0.05, 0.1) is 23.7 Å². The average molecular weight is 373 g/mol. The van der Waals surface area contributed by atoms with Crippen molar-refractivity contribution in [3.8, 4) is 17.1 Å². The molecule has 0 radical (unpaired) electrons.